The summed E-state index contributed by atoms with van der Waals surface area (Å²) >= 11 is 0. The zero-order chi connectivity index (χ0) is 19.1. The molecule has 1 aliphatic heterocycles. The van der Waals surface area contributed by atoms with Crippen molar-refractivity contribution >= 4 is 22.6 Å². The fraction of sp³-hybridized carbons (Fsp3) is 0.400. The molecule has 2 aliphatic rings. The Hall–Kier alpha value is -2.84. The van der Waals surface area contributed by atoms with E-state index in [1.54, 1.807) is 24.2 Å². The van der Waals surface area contributed by atoms with Crippen LogP contribution in [0.5, 0.6) is 0 Å². The van der Waals surface area contributed by atoms with Crippen LogP contribution in [0.1, 0.15) is 25.0 Å². The van der Waals surface area contributed by atoms with Gasteiger partial charge >= 0.3 is 0 Å². The number of nitrogens with one attached hydrogen (secondary N) is 1. The highest BCUT2D eigenvalue weighted by Gasteiger charge is 2.38. The number of ether oxygens (including phenoxy) is 2. The summed E-state index contributed by atoms with van der Waals surface area (Å²) in [6.07, 6.45) is 6.13. The van der Waals surface area contributed by atoms with Crippen molar-refractivity contribution in [2.75, 3.05) is 25.6 Å². The Kier molecular flexibility index (Phi) is 4.10. The molecule has 1 unspecified atom stereocenters. The van der Waals surface area contributed by atoms with Crippen molar-refractivity contribution in [2.45, 2.75) is 24.9 Å². The number of anilines is 1. The molecule has 3 aromatic heterocycles. The number of nitrogens with zero attached hydrogens (tertiary/aromatic N) is 4. The van der Waals surface area contributed by atoms with Crippen LogP contribution < -0.4 is 5.32 Å². The summed E-state index contributed by atoms with van der Waals surface area (Å²) < 4.78 is 13.1. The Balaban J connectivity index is 1.52. The van der Waals surface area contributed by atoms with Crippen LogP contribution in [-0.4, -0.2) is 46.0 Å². The lowest BCUT2D eigenvalue weighted by Crippen LogP contribution is -2.30. The third-order valence-corrected chi connectivity index (χ3v) is 5.45. The molecule has 1 N–H and O–H groups in total. The van der Waals surface area contributed by atoms with E-state index >= 15 is 0 Å². The van der Waals surface area contributed by atoms with Crippen molar-refractivity contribution in [2.24, 2.45) is 5.92 Å². The predicted octanol–water partition coefficient (Wildman–Crippen LogP) is 2.43. The van der Waals surface area contributed by atoms with Crippen LogP contribution in [0.15, 0.2) is 36.7 Å². The third kappa shape index (κ3) is 2.94. The molecule has 1 amide bonds. The number of fused-ring (bicyclic) bond motifs is 1. The van der Waals surface area contributed by atoms with Gasteiger partial charge in [0.2, 0.25) is 5.91 Å². The topological polar surface area (TPSA) is 91.2 Å². The van der Waals surface area contributed by atoms with Gasteiger partial charge in [-0.2, -0.15) is 5.10 Å². The number of hydrogen-bond donors (Lipinski definition) is 1. The molecule has 28 heavy (non-hydrogen) atoms. The maximum atomic E-state index is 12.1. The summed E-state index contributed by atoms with van der Waals surface area (Å²) in [7, 11) is 1.69. The molecule has 1 saturated carbocycles. The van der Waals surface area contributed by atoms with E-state index < -0.39 is 5.60 Å². The van der Waals surface area contributed by atoms with Gasteiger partial charge in [0.1, 0.15) is 11.4 Å². The minimum absolute atomic E-state index is 0.0290. The van der Waals surface area contributed by atoms with E-state index in [0.717, 1.165) is 35.9 Å². The Morgan fingerprint density at radius 3 is 3.00 bits per heavy atom. The summed E-state index contributed by atoms with van der Waals surface area (Å²) in [4.78, 5) is 21.2. The number of rotatable bonds is 5. The fourth-order valence-electron chi connectivity index (χ4n) is 3.55. The molecule has 1 saturated heterocycles. The van der Waals surface area contributed by atoms with Gasteiger partial charge < -0.3 is 14.8 Å². The first-order chi connectivity index (χ1) is 13.7. The molecule has 2 fully saturated rings. The number of methoxy groups -OCH3 is 1. The van der Waals surface area contributed by atoms with Gasteiger partial charge in [-0.25, -0.2) is 14.6 Å². The van der Waals surface area contributed by atoms with Gasteiger partial charge in [-0.1, -0.05) is 6.07 Å². The molecular weight excluding hydrogens is 358 g/mol. The van der Waals surface area contributed by atoms with Crippen LogP contribution in [-0.2, 0) is 19.9 Å². The number of pyridine rings is 2. The SMILES string of the molecule is COC1(c2cccc(-n3ncc4cnc(NC(=O)C5CC5)cc43)n2)CCOC1. The molecule has 0 spiro atoms. The van der Waals surface area contributed by atoms with E-state index in [1.807, 2.05) is 24.3 Å². The van der Waals surface area contributed by atoms with Gasteiger partial charge in [-0.15, -0.1) is 0 Å². The van der Waals surface area contributed by atoms with Crippen molar-refractivity contribution in [3.05, 3.63) is 42.4 Å². The van der Waals surface area contributed by atoms with E-state index in [1.165, 1.54) is 0 Å². The minimum Gasteiger partial charge on any atom is -0.378 e. The van der Waals surface area contributed by atoms with Crippen molar-refractivity contribution in [3.8, 4) is 5.82 Å². The number of amides is 1. The highest BCUT2D eigenvalue weighted by molar-refractivity contribution is 5.94. The smallest absolute Gasteiger partial charge is 0.228 e. The lowest BCUT2D eigenvalue weighted by molar-refractivity contribution is -0.117. The average molecular weight is 379 g/mol. The second kappa shape index (κ2) is 6.65. The summed E-state index contributed by atoms with van der Waals surface area (Å²) in [6, 6.07) is 7.64. The van der Waals surface area contributed by atoms with Crippen LogP contribution in [0.4, 0.5) is 5.82 Å². The van der Waals surface area contributed by atoms with Gasteiger partial charge in [0.15, 0.2) is 5.82 Å². The molecular formula is C20H21N5O3. The first-order valence-corrected chi connectivity index (χ1v) is 9.44. The van der Waals surface area contributed by atoms with Gasteiger partial charge in [-0.05, 0) is 25.0 Å². The number of aromatic nitrogens is 4. The first-order valence-electron chi connectivity index (χ1n) is 9.44. The molecule has 8 nitrogen and oxygen atoms in total. The minimum atomic E-state index is -0.524. The predicted molar refractivity (Wildman–Crippen MR) is 102 cm³/mol. The van der Waals surface area contributed by atoms with Crippen LogP contribution in [0.2, 0.25) is 0 Å². The molecule has 0 bridgehead atoms. The second-order valence-corrected chi connectivity index (χ2v) is 7.33. The van der Waals surface area contributed by atoms with E-state index in [-0.39, 0.29) is 11.8 Å². The Morgan fingerprint density at radius 1 is 1.36 bits per heavy atom. The van der Waals surface area contributed by atoms with Gasteiger partial charge in [0.25, 0.3) is 0 Å². The molecule has 8 heteroatoms. The Bertz CT molecular complexity index is 1040. The summed E-state index contributed by atoms with van der Waals surface area (Å²) in [5, 5.41) is 8.24. The van der Waals surface area contributed by atoms with Crippen LogP contribution in [0.25, 0.3) is 16.7 Å². The highest BCUT2D eigenvalue weighted by Crippen LogP contribution is 2.33. The van der Waals surface area contributed by atoms with Crippen LogP contribution >= 0.6 is 0 Å². The highest BCUT2D eigenvalue weighted by atomic mass is 16.5. The molecule has 3 aromatic rings. The largest absolute Gasteiger partial charge is 0.378 e. The molecule has 4 heterocycles. The Labute approximate surface area is 161 Å². The molecule has 0 aromatic carbocycles. The number of carbonyl (C=O) groups is 1. The average Bonchev–Trinajstić information content (AvgIpc) is 3.32. The molecule has 5 rings (SSSR count). The molecule has 1 aliphatic carbocycles. The first kappa shape index (κ1) is 17.3. The van der Waals surface area contributed by atoms with Crippen molar-refractivity contribution in [1.82, 2.24) is 19.7 Å². The zero-order valence-corrected chi connectivity index (χ0v) is 15.6. The van der Waals surface area contributed by atoms with E-state index in [4.69, 9.17) is 14.5 Å². The quantitative estimate of drug-likeness (QED) is 0.732. The van der Waals surface area contributed by atoms with E-state index in [0.29, 0.717) is 24.8 Å². The molecule has 0 radical (unpaired) electrons. The standard InChI is InChI=1S/C20H21N5O3/c1-27-20(7-8-28-12-20)16-3-2-4-18(23-16)25-15-9-17(21-10-14(15)11-22-25)24-19(26)13-5-6-13/h2-4,9-11,13H,5-8,12H2,1H3,(H,21,24,26). The summed E-state index contributed by atoms with van der Waals surface area (Å²) in [5.74, 6) is 1.36. The normalized spacial score (nSPS) is 21.9. The third-order valence-electron chi connectivity index (χ3n) is 5.45. The van der Waals surface area contributed by atoms with Gasteiger partial charge in [-0.3, -0.25) is 4.79 Å². The second-order valence-electron chi connectivity index (χ2n) is 7.33. The molecule has 144 valence electrons. The van der Waals surface area contributed by atoms with E-state index in [2.05, 4.69) is 15.4 Å². The summed E-state index contributed by atoms with van der Waals surface area (Å²) in [5.41, 5.74) is 1.13. The monoisotopic (exact) mass is 379 g/mol. The Morgan fingerprint density at radius 2 is 2.25 bits per heavy atom. The van der Waals surface area contributed by atoms with Gasteiger partial charge in [0, 0.05) is 43.7 Å². The lowest BCUT2D eigenvalue weighted by Gasteiger charge is -2.25. The maximum absolute atomic E-state index is 12.1. The van der Waals surface area contributed by atoms with E-state index in [9.17, 15) is 4.79 Å². The number of hydrogen-bond acceptors (Lipinski definition) is 6. The van der Waals surface area contributed by atoms with Crippen molar-refractivity contribution in [3.63, 3.8) is 0 Å². The summed E-state index contributed by atoms with van der Waals surface area (Å²) in [6.45, 7) is 1.14. The molecule has 1 atom stereocenters. The van der Waals surface area contributed by atoms with Crippen LogP contribution in [0.3, 0.4) is 0 Å². The van der Waals surface area contributed by atoms with Gasteiger partial charge in [0.05, 0.1) is 24.0 Å². The van der Waals surface area contributed by atoms with Crippen molar-refractivity contribution < 1.29 is 14.3 Å². The van der Waals surface area contributed by atoms with Crippen LogP contribution in [0, 0.1) is 5.92 Å². The lowest BCUT2D eigenvalue weighted by atomic mass is 9.98. The zero-order valence-electron chi connectivity index (χ0n) is 15.6. The number of carbonyl (C=O) groups excluding carboxylic acids is 1. The van der Waals surface area contributed by atoms with Crippen molar-refractivity contribution in [1.29, 1.82) is 0 Å². The maximum Gasteiger partial charge on any atom is 0.228 e. The fourth-order valence-corrected chi connectivity index (χ4v) is 3.55.